The smallest absolute Gasteiger partial charge is 0.315 e. The zero-order valence-electron chi connectivity index (χ0n) is 11.2. The summed E-state index contributed by atoms with van der Waals surface area (Å²) < 4.78 is 21.4. The van der Waals surface area contributed by atoms with Gasteiger partial charge in [0.25, 0.3) is 0 Å². The Balaban J connectivity index is 2.48. The van der Waals surface area contributed by atoms with Crippen molar-refractivity contribution in [3.05, 3.63) is 35.4 Å². The lowest BCUT2D eigenvalue weighted by Crippen LogP contribution is -2.38. The zero-order valence-corrected chi connectivity index (χ0v) is 12.0. The van der Waals surface area contributed by atoms with Gasteiger partial charge in [0.1, 0.15) is 0 Å². The lowest BCUT2D eigenvalue weighted by molar-refractivity contribution is -0.136. The number of primary sulfonamides is 1. The molecule has 116 valence electrons. The highest BCUT2D eigenvalue weighted by Gasteiger charge is 2.08. The number of nitrogens with two attached hydrogens (primary N) is 1. The minimum atomic E-state index is -3.61. The van der Waals surface area contributed by atoms with Crippen molar-refractivity contribution in [3.63, 3.8) is 0 Å². The maximum Gasteiger partial charge on any atom is 0.315 e. The highest BCUT2D eigenvalue weighted by Crippen LogP contribution is 2.09. The molecule has 0 saturated carbocycles. The van der Waals surface area contributed by atoms with Crippen LogP contribution in [0.4, 0.5) is 4.79 Å². The fraction of sp³-hybridized carbons (Fsp3) is 0.333. The maximum absolute atomic E-state index is 11.5. The topological polar surface area (TPSA) is 139 Å². The fourth-order valence-electron chi connectivity index (χ4n) is 1.61. The van der Waals surface area contributed by atoms with Crippen molar-refractivity contribution < 1.29 is 23.1 Å². The molecule has 8 nitrogen and oxygen atoms in total. The second kappa shape index (κ2) is 7.60. The second-order valence-corrected chi connectivity index (χ2v) is 6.05. The van der Waals surface area contributed by atoms with E-state index in [4.69, 9.17) is 10.2 Å². The van der Waals surface area contributed by atoms with Crippen LogP contribution in [0.1, 0.15) is 11.1 Å². The Morgan fingerprint density at radius 3 is 2.33 bits per heavy atom. The molecule has 0 bridgehead atoms. The molecule has 0 unspecified atom stereocenters. The maximum atomic E-state index is 11.5. The number of carboxylic acids is 1. The van der Waals surface area contributed by atoms with Crippen molar-refractivity contribution in [2.75, 3.05) is 12.3 Å². The number of carbonyl (C=O) groups is 2. The Bertz CT molecular complexity index is 615. The Hall–Kier alpha value is -2.13. The van der Waals surface area contributed by atoms with Crippen molar-refractivity contribution in [1.82, 2.24) is 10.6 Å². The summed E-state index contributed by atoms with van der Waals surface area (Å²) in [6.07, 6.45) is -0.134. The summed E-state index contributed by atoms with van der Waals surface area (Å²) in [5.41, 5.74) is 1.29. The Kier molecular flexibility index (Phi) is 6.12. The number of rotatable bonds is 7. The molecule has 0 spiro atoms. The number of carbonyl (C=O) groups excluding carboxylic acids is 1. The lowest BCUT2D eigenvalue weighted by Gasteiger charge is -2.10. The minimum Gasteiger partial charge on any atom is -0.481 e. The minimum absolute atomic E-state index is 0.0958. The molecule has 0 aliphatic rings. The van der Waals surface area contributed by atoms with E-state index in [1.165, 1.54) is 0 Å². The van der Waals surface area contributed by atoms with Gasteiger partial charge < -0.3 is 15.7 Å². The number of amides is 2. The van der Waals surface area contributed by atoms with Gasteiger partial charge >= 0.3 is 12.0 Å². The molecule has 0 heterocycles. The highest BCUT2D eigenvalue weighted by molar-refractivity contribution is 7.89. The van der Waals surface area contributed by atoms with Crippen LogP contribution in [0.25, 0.3) is 0 Å². The summed E-state index contributed by atoms with van der Waals surface area (Å²) in [7, 11) is -3.61. The summed E-state index contributed by atoms with van der Waals surface area (Å²) in [4.78, 5) is 22.2. The number of hydrogen-bond acceptors (Lipinski definition) is 4. The molecule has 21 heavy (non-hydrogen) atoms. The molecule has 0 aromatic heterocycles. The van der Waals surface area contributed by atoms with Gasteiger partial charge in [-0.25, -0.2) is 18.4 Å². The van der Waals surface area contributed by atoms with E-state index in [-0.39, 0.29) is 25.3 Å². The Labute approximate surface area is 122 Å². The first-order valence-corrected chi connectivity index (χ1v) is 7.80. The fourth-order valence-corrected chi connectivity index (χ4v) is 2.00. The molecule has 1 rings (SSSR count). The summed E-state index contributed by atoms with van der Waals surface area (Å²) in [5.74, 6) is -1.31. The van der Waals surface area contributed by atoms with Gasteiger partial charge in [0, 0.05) is 13.1 Å². The van der Waals surface area contributed by atoms with Gasteiger partial charge in [-0.2, -0.15) is 0 Å². The first kappa shape index (κ1) is 16.9. The van der Waals surface area contributed by atoms with Gasteiger partial charge in [0.05, 0.1) is 12.2 Å². The summed E-state index contributed by atoms with van der Waals surface area (Å²) in [6.45, 7) is 0.0477. The molecule has 0 aliphatic carbocycles. The van der Waals surface area contributed by atoms with Crippen molar-refractivity contribution in [2.24, 2.45) is 5.14 Å². The first-order valence-electron chi connectivity index (χ1n) is 6.08. The van der Waals surface area contributed by atoms with E-state index in [2.05, 4.69) is 10.6 Å². The van der Waals surface area contributed by atoms with E-state index < -0.39 is 22.0 Å². The van der Waals surface area contributed by atoms with Crippen LogP contribution in [0, 0.1) is 0 Å². The van der Waals surface area contributed by atoms with E-state index in [1.807, 2.05) is 0 Å². The van der Waals surface area contributed by atoms with Crippen molar-refractivity contribution in [2.45, 2.75) is 13.0 Å². The van der Waals surface area contributed by atoms with E-state index >= 15 is 0 Å². The van der Waals surface area contributed by atoms with Gasteiger partial charge in [-0.05, 0) is 11.1 Å². The number of sulfonamides is 1. The third kappa shape index (κ3) is 7.28. The molecule has 0 aliphatic heterocycles. The van der Waals surface area contributed by atoms with Gasteiger partial charge in [0.2, 0.25) is 10.0 Å². The van der Waals surface area contributed by atoms with E-state index in [1.54, 1.807) is 24.3 Å². The molecule has 9 heteroatoms. The van der Waals surface area contributed by atoms with Crippen LogP contribution in [0.15, 0.2) is 24.3 Å². The average molecular weight is 315 g/mol. The summed E-state index contributed by atoms with van der Waals surface area (Å²) in [6, 6.07) is 6.28. The molecule has 0 atom stereocenters. The van der Waals surface area contributed by atoms with Crippen LogP contribution in [0.2, 0.25) is 0 Å². The number of urea groups is 1. The van der Waals surface area contributed by atoms with Crippen LogP contribution >= 0.6 is 0 Å². The van der Waals surface area contributed by atoms with Crippen LogP contribution in [-0.4, -0.2) is 37.8 Å². The van der Waals surface area contributed by atoms with Gasteiger partial charge in [-0.15, -0.1) is 0 Å². The predicted molar refractivity (Wildman–Crippen MR) is 76.0 cm³/mol. The first-order chi connectivity index (χ1) is 9.78. The molecule has 1 aromatic rings. The number of nitrogens with one attached hydrogen (secondary N) is 2. The van der Waals surface area contributed by atoms with Crippen molar-refractivity contribution in [3.8, 4) is 0 Å². The molecule has 2 amide bonds. The molecule has 5 N–H and O–H groups in total. The van der Waals surface area contributed by atoms with E-state index in [9.17, 15) is 18.0 Å². The third-order valence-electron chi connectivity index (χ3n) is 2.57. The van der Waals surface area contributed by atoms with Crippen LogP contribution < -0.4 is 15.8 Å². The van der Waals surface area contributed by atoms with Crippen molar-refractivity contribution >= 4 is 22.0 Å². The number of aliphatic carboxylic acids is 1. The zero-order chi connectivity index (χ0) is 15.9. The lowest BCUT2D eigenvalue weighted by atomic mass is 10.0. The number of benzene rings is 1. The quantitative estimate of drug-likeness (QED) is 0.532. The van der Waals surface area contributed by atoms with Gasteiger partial charge in [-0.3, -0.25) is 4.79 Å². The predicted octanol–water partition coefficient (Wildman–Crippen LogP) is -0.599. The van der Waals surface area contributed by atoms with Crippen LogP contribution in [0.3, 0.4) is 0 Å². The molecule has 1 aromatic carbocycles. The average Bonchev–Trinajstić information content (AvgIpc) is 2.35. The molecular weight excluding hydrogens is 298 g/mol. The second-order valence-electron chi connectivity index (χ2n) is 4.32. The Morgan fingerprint density at radius 1 is 1.14 bits per heavy atom. The molecule has 0 radical (unpaired) electrons. The van der Waals surface area contributed by atoms with Crippen LogP contribution in [-0.2, 0) is 27.8 Å². The molecular formula is C12H17N3O5S. The molecule has 0 fully saturated rings. The number of carboxylic acid groups (broad SMARTS) is 1. The van der Waals surface area contributed by atoms with E-state index in [0.29, 0.717) is 11.1 Å². The normalized spacial score (nSPS) is 10.9. The summed E-state index contributed by atoms with van der Waals surface area (Å²) >= 11 is 0. The molecule has 0 saturated heterocycles. The SMILES string of the molecule is NS(=O)(=O)CCNC(=O)NCc1ccccc1CC(=O)O. The highest BCUT2D eigenvalue weighted by atomic mass is 32.2. The third-order valence-corrected chi connectivity index (χ3v) is 3.34. The monoisotopic (exact) mass is 315 g/mol. The van der Waals surface area contributed by atoms with Gasteiger partial charge in [0.15, 0.2) is 0 Å². The number of hydrogen-bond donors (Lipinski definition) is 4. The van der Waals surface area contributed by atoms with Crippen LogP contribution in [0.5, 0.6) is 0 Å². The summed E-state index contributed by atoms with van der Waals surface area (Å²) in [5, 5.41) is 18.5. The van der Waals surface area contributed by atoms with Gasteiger partial charge in [-0.1, -0.05) is 24.3 Å². The largest absolute Gasteiger partial charge is 0.481 e. The van der Waals surface area contributed by atoms with Crippen molar-refractivity contribution in [1.29, 1.82) is 0 Å². The standard InChI is InChI=1S/C12H17N3O5S/c13-21(19,20)6-5-14-12(18)15-8-10-4-2-1-3-9(10)7-11(16)17/h1-4H,5-8H2,(H,16,17)(H2,13,19,20)(H2,14,15,18). The Morgan fingerprint density at radius 2 is 1.76 bits per heavy atom. The van der Waals surface area contributed by atoms with E-state index in [0.717, 1.165) is 0 Å².